The van der Waals surface area contributed by atoms with E-state index in [0.717, 1.165) is 5.69 Å². The first-order valence-corrected chi connectivity index (χ1v) is 5.38. The summed E-state index contributed by atoms with van der Waals surface area (Å²) in [5, 5.41) is 19.2. The third kappa shape index (κ3) is 3.96. The molecule has 2 heterocycles. The lowest BCUT2D eigenvalue weighted by Crippen LogP contribution is -2.32. The number of halogens is 2. The van der Waals surface area contributed by atoms with E-state index in [1.807, 2.05) is 11.8 Å². The van der Waals surface area contributed by atoms with Gasteiger partial charge in [0.05, 0.1) is 11.8 Å². The number of hydrogen-bond acceptors (Lipinski definition) is 5. The predicted molar refractivity (Wildman–Crippen MR) is 74.4 cm³/mol. The summed E-state index contributed by atoms with van der Waals surface area (Å²) in [6.07, 6.45) is -0.480. The third-order valence-electron chi connectivity index (χ3n) is 2.87. The van der Waals surface area contributed by atoms with Gasteiger partial charge in [-0.3, -0.25) is 9.88 Å². The molecule has 104 valence electrons. The Kier molecular flexibility index (Phi) is 6.88. The first-order chi connectivity index (χ1) is 7.56. The highest BCUT2D eigenvalue weighted by atomic mass is 35.5. The Morgan fingerprint density at radius 1 is 1.39 bits per heavy atom. The van der Waals surface area contributed by atoms with Crippen molar-refractivity contribution in [2.24, 2.45) is 5.73 Å². The molecule has 1 fully saturated rings. The van der Waals surface area contributed by atoms with E-state index in [-0.39, 0.29) is 36.6 Å². The predicted octanol–water partition coefficient (Wildman–Crippen LogP) is 0.443. The van der Waals surface area contributed by atoms with Crippen molar-refractivity contribution in [2.75, 3.05) is 13.1 Å². The molecule has 18 heavy (non-hydrogen) atoms. The van der Waals surface area contributed by atoms with Gasteiger partial charge in [0.2, 0.25) is 0 Å². The molecule has 5 nitrogen and oxygen atoms in total. The standard InChI is InChI=1S/C11H17N3O2.2ClH/c1-7-2-3-10(15)9(13-7)5-14-4-8(12)11(16)6-14;;/h2-3,8,11,15-16H,4-6,12H2,1H3;2*1H/t8-,11-;;/m1../s1. The first-order valence-electron chi connectivity index (χ1n) is 5.38. The number of likely N-dealkylation sites (tertiary alicyclic amines) is 1. The molecule has 0 spiro atoms. The number of rotatable bonds is 2. The fourth-order valence-corrected chi connectivity index (χ4v) is 1.95. The highest BCUT2D eigenvalue weighted by molar-refractivity contribution is 5.85. The second-order valence-electron chi connectivity index (χ2n) is 4.34. The van der Waals surface area contributed by atoms with E-state index in [2.05, 4.69) is 4.98 Å². The second kappa shape index (κ2) is 7.11. The average molecular weight is 296 g/mol. The number of aromatic hydroxyl groups is 1. The van der Waals surface area contributed by atoms with Crippen LogP contribution in [0.25, 0.3) is 0 Å². The summed E-state index contributed by atoms with van der Waals surface area (Å²) in [5.41, 5.74) is 7.23. The van der Waals surface area contributed by atoms with Gasteiger partial charge in [-0.1, -0.05) is 0 Å². The maximum Gasteiger partial charge on any atom is 0.138 e. The van der Waals surface area contributed by atoms with Gasteiger partial charge in [0.15, 0.2) is 0 Å². The Labute approximate surface area is 119 Å². The topological polar surface area (TPSA) is 82.6 Å². The van der Waals surface area contributed by atoms with Crippen molar-refractivity contribution in [1.82, 2.24) is 9.88 Å². The zero-order valence-electron chi connectivity index (χ0n) is 10.1. The van der Waals surface area contributed by atoms with Crippen LogP contribution in [0.15, 0.2) is 12.1 Å². The van der Waals surface area contributed by atoms with Crippen LogP contribution in [0.5, 0.6) is 5.75 Å². The highest BCUT2D eigenvalue weighted by Gasteiger charge is 2.28. The lowest BCUT2D eigenvalue weighted by molar-refractivity contribution is 0.163. The van der Waals surface area contributed by atoms with E-state index in [4.69, 9.17) is 5.73 Å². The molecular weight excluding hydrogens is 277 g/mol. The van der Waals surface area contributed by atoms with Crippen molar-refractivity contribution in [3.05, 3.63) is 23.5 Å². The molecule has 7 heteroatoms. The maximum absolute atomic E-state index is 9.64. The quantitative estimate of drug-likeness (QED) is 0.738. The van der Waals surface area contributed by atoms with Crippen LogP contribution in [-0.2, 0) is 6.54 Å². The molecule has 1 saturated heterocycles. The summed E-state index contributed by atoms with van der Waals surface area (Å²) in [7, 11) is 0. The van der Waals surface area contributed by atoms with Gasteiger partial charge in [-0.25, -0.2) is 0 Å². The van der Waals surface area contributed by atoms with Crippen LogP contribution >= 0.6 is 24.8 Å². The Hall–Kier alpha value is -0.590. The van der Waals surface area contributed by atoms with E-state index in [9.17, 15) is 10.2 Å². The number of nitrogens with two attached hydrogens (primary N) is 1. The van der Waals surface area contributed by atoms with E-state index in [1.165, 1.54) is 0 Å². The zero-order valence-corrected chi connectivity index (χ0v) is 11.7. The minimum Gasteiger partial charge on any atom is -0.506 e. The van der Waals surface area contributed by atoms with Crippen LogP contribution in [0.2, 0.25) is 0 Å². The fraction of sp³-hybridized carbons (Fsp3) is 0.545. The lowest BCUT2D eigenvalue weighted by atomic mass is 10.2. The number of aliphatic hydroxyl groups excluding tert-OH is 1. The lowest BCUT2D eigenvalue weighted by Gasteiger charge is -2.15. The van der Waals surface area contributed by atoms with Gasteiger partial charge < -0.3 is 15.9 Å². The van der Waals surface area contributed by atoms with Crippen molar-refractivity contribution >= 4 is 24.8 Å². The van der Waals surface area contributed by atoms with Crippen molar-refractivity contribution < 1.29 is 10.2 Å². The molecular formula is C11H19Cl2N3O2. The second-order valence-corrected chi connectivity index (χ2v) is 4.34. The summed E-state index contributed by atoms with van der Waals surface area (Å²) >= 11 is 0. The molecule has 1 aromatic rings. The number of hydrogen-bond donors (Lipinski definition) is 3. The molecule has 0 aromatic carbocycles. The normalized spacial score (nSPS) is 23.3. The van der Waals surface area contributed by atoms with Crippen LogP contribution in [0, 0.1) is 6.92 Å². The van der Waals surface area contributed by atoms with Crippen molar-refractivity contribution in [1.29, 1.82) is 0 Å². The van der Waals surface area contributed by atoms with E-state index < -0.39 is 6.10 Å². The van der Waals surface area contributed by atoms with Crippen LogP contribution < -0.4 is 5.73 Å². The Morgan fingerprint density at radius 2 is 2.06 bits per heavy atom. The Morgan fingerprint density at radius 3 is 2.61 bits per heavy atom. The van der Waals surface area contributed by atoms with E-state index >= 15 is 0 Å². The molecule has 0 amide bonds. The number of pyridine rings is 1. The molecule has 0 bridgehead atoms. The van der Waals surface area contributed by atoms with E-state index in [1.54, 1.807) is 12.1 Å². The Bertz CT molecular complexity index is 383. The third-order valence-corrected chi connectivity index (χ3v) is 2.87. The molecule has 1 aliphatic heterocycles. The molecule has 2 atom stereocenters. The van der Waals surface area contributed by atoms with E-state index in [0.29, 0.717) is 25.3 Å². The van der Waals surface area contributed by atoms with Crippen molar-refractivity contribution in [3.8, 4) is 5.75 Å². The van der Waals surface area contributed by atoms with Gasteiger partial charge in [0.25, 0.3) is 0 Å². The number of nitrogens with zero attached hydrogens (tertiary/aromatic N) is 2. The molecule has 0 saturated carbocycles. The summed E-state index contributed by atoms with van der Waals surface area (Å²) in [5.74, 6) is 0.195. The minimum atomic E-state index is -0.480. The summed E-state index contributed by atoms with van der Waals surface area (Å²) < 4.78 is 0. The Balaban J connectivity index is 0.00000144. The fourth-order valence-electron chi connectivity index (χ4n) is 1.95. The van der Waals surface area contributed by atoms with Crippen molar-refractivity contribution in [2.45, 2.75) is 25.6 Å². The highest BCUT2D eigenvalue weighted by Crippen LogP contribution is 2.19. The largest absolute Gasteiger partial charge is 0.506 e. The smallest absolute Gasteiger partial charge is 0.138 e. The van der Waals surface area contributed by atoms with Gasteiger partial charge in [-0.15, -0.1) is 24.8 Å². The molecule has 2 rings (SSSR count). The monoisotopic (exact) mass is 295 g/mol. The molecule has 0 unspecified atom stereocenters. The molecule has 4 N–H and O–H groups in total. The number of aryl methyl sites for hydroxylation is 1. The first kappa shape index (κ1) is 17.4. The summed E-state index contributed by atoms with van der Waals surface area (Å²) in [6.45, 7) is 3.58. The zero-order chi connectivity index (χ0) is 11.7. The molecule has 1 aromatic heterocycles. The maximum atomic E-state index is 9.64. The average Bonchev–Trinajstić information content (AvgIpc) is 2.52. The number of aromatic nitrogens is 1. The van der Waals surface area contributed by atoms with Crippen LogP contribution in [0.1, 0.15) is 11.4 Å². The van der Waals surface area contributed by atoms with Gasteiger partial charge in [0, 0.05) is 31.4 Å². The van der Waals surface area contributed by atoms with Gasteiger partial charge >= 0.3 is 0 Å². The van der Waals surface area contributed by atoms with Crippen LogP contribution in [0.4, 0.5) is 0 Å². The summed E-state index contributed by atoms with van der Waals surface area (Å²) in [6, 6.07) is 3.21. The van der Waals surface area contributed by atoms with Gasteiger partial charge in [0.1, 0.15) is 5.75 Å². The molecule has 0 radical (unpaired) electrons. The van der Waals surface area contributed by atoms with Crippen LogP contribution in [-0.4, -0.2) is 45.3 Å². The number of β-amino-alcohol motifs (C(OH)–C–C–N with tert-alkyl or cyclic N) is 1. The van der Waals surface area contributed by atoms with Gasteiger partial charge in [-0.05, 0) is 19.1 Å². The van der Waals surface area contributed by atoms with Gasteiger partial charge in [-0.2, -0.15) is 0 Å². The van der Waals surface area contributed by atoms with Crippen LogP contribution in [0.3, 0.4) is 0 Å². The minimum absolute atomic E-state index is 0. The van der Waals surface area contributed by atoms with Crippen molar-refractivity contribution in [3.63, 3.8) is 0 Å². The SMILES string of the molecule is Cc1ccc(O)c(CN2C[C@@H](N)[C@H](O)C2)n1.Cl.Cl. The summed E-state index contributed by atoms with van der Waals surface area (Å²) in [4.78, 5) is 6.27. The number of aliphatic hydroxyl groups is 1. The molecule has 1 aliphatic rings. The molecule has 0 aliphatic carbocycles.